The molecule has 0 amide bonds. The van der Waals surface area contributed by atoms with E-state index in [0.717, 1.165) is 11.5 Å². The Balaban J connectivity index is 2.89. The molecule has 0 bridgehead atoms. The third kappa shape index (κ3) is 4.20. The smallest absolute Gasteiger partial charge is 0.331 e. The number of rotatable bonds is 4. The normalized spacial score (nSPS) is 11.6. The Kier molecular flexibility index (Phi) is 4.72. The van der Waals surface area contributed by atoms with Gasteiger partial charge in [0, 0.05) is 16.5 Å². The molecule has 0 aliphatic heterocycles. The SMILES string of the molecule is CCOC(=O)C=CS(=O)(=O)c1ccc(Cl)cc1. The van der Waals surface area contributed by atoms with Gasteiger partial charge in [0.2, 0.25) is 0 Å². The lowest BCUT2D eigenvalue weighted by Gasteiger charge is -1.99. The Morgan fingerprint density at radius 2 is 1.94 bits per heavy atom. The van der Waals surface area contributed by atoms with Crippen LogP contribution < -0.4 is 0 Å². The van der Waals surface area contributed by atoms with Gasteiger partial charge in [-0.05, 0) is 31.2 Å². The zero-order valence-electron chi connectivity index (χ0n) is 9.09. The number of hydrogen-bond acceptors (Lipinski definition) is 4. The van der Waals surface area contributed by atoms with E-state index in [2.05, 4.69) is 4.74 Å². The lowest BCUT2D eigenvalue weighted by Crippen LogP contribution is -2.02. The van der Waals surface area contributed by atoms with E-state index in [4.69, 9.17) is 11.6 Å². The van der Waals surface area contributed by atoms with Gasteiger partial charge < -0.3 is 4.74 Å². The molecule has 1 rings (SSSR count). The summed E-state index contributed by atoms with van der Waals surface area (Å²) in [7, 11) is -3.63. The van der Waals surface area contributed by atoms with Gasteiger partial charge in [0.15, 0.2) is 9.84 Å². The summed E-state index contributed by atoms with van der Waals surface area (Å²) in [6.45, 7) is 1.84. The predicted molar refractivity (Wildman–Crippen MR) is 64.4 cm³/mol. The minimum atomic E-state index is -3.63. The number of esters is 1. The van der Waals surface area contributed by atoms with Gasteiger partial charge in [-0.15, -0.1) is 0 Å². The van der Waals surface area contributed by atoms with Crippen LogP contribution in [0.1, 0.15) is 6.92 Å². The van der Waals surface area contributed by atoms with Crippen molar-refractivity contribution in [1.82, 2.24) is 0 Å². The van der Waals surface area contributed by atoms with E-state index in [0.29, 0.717) is 5.02 Å². The summed E-state index contributed by atoms with van der Waals surface area (Å²) in [5.41, 5.74) is 0. The summed E-state index contributed by atoms with van der Waals surface area (Å²) in [5, 5.41) is 1.26. The molecule has 0 heterocycles. The minimum absolute atomic E-state index is 0.0717. The monoisotopic (exact) mass is 274 g/mol. The van der Waals surface area contributed by atoms with Crippen LogP contribution in [0, 0.1) is 0 Å². The van der Waals surface area contributed by atoms with Gasteiger partial charge in [0.1, 0.15) is 0 Å². The van der Waals surface area contributed by atoms with E-state index >= 15 is 0 Å². The molecule has 0 aromatic heterocycles. The number of halogens is 1. The summed E-state index contributed by atoms with van der Waals surface area (Å²) in [4.78, 5) is 11.1. The summed E-state index contributed by atoms with van der Waals surface area (Å²) in [5.74, 6) is -0.690. The summed E-state index contributed by atoms with van der Waals surface area (Å²) in [6.07, 6.45) is 0.882. The second-order valence-electron chi connectivity index (χ2n) is 3.05. The summed E-state index contributed by atoms with van der Waals surface area (Å²) in [6, 6.07) is 5.67. The molecule has 92 valence electrons. The lowest BCUT2D eigenvalue weighted by molar-refractivity contribution is -0.137. The van der Waals surface area contributed by atoms with E-state index in [1.807, 2.05) is 0 Å². The van der Waals surface area contributed by atoms with Crippen LogP contribution in [0.15, 0.2) is 40.6 Å². The zero-order chi connectivity index (χ0) is 12.9. The molecule has 0 aliphatic rings. The molecular formula is C11H11ClO4S. The largest absolute Gasteiger partial charge is 0.463 e. The van der Waals surface area contributed by atoms with Gasteiger partial charge >= 0.3 is 5.97 Å². The van der Waals surface area contributed by atoms with E-state index in [9.17, 15) is 13.2 Å². The van der Waals surface area contributed by atoms with Crippen LogP contribution in [0.25, 0.3) is 0 Å². The third-order valence-electron chi connectivity index (χ3n) is 1.81. The van der Waals surface area contributed by atoms with Crippen LogP contribution in [0.5, 0.6) is 0 Å². The number of ether oxygens (including phenoxy) is 1. The van der Waals surface area contributed by atoms with Crippen molar-refractivity contribution in [3.8, 4) is 0 Å². The first-order chi connectivity index (χ1) is 7.95. The van der Waals surface area contributed by atoms with E-state index < -0.39 is 15.8 Å². The highest BCUT2D eigenvalue weighted by atomic mass is 35.5. The van der Waals surface area contributed by atoms with Gasteiger partial charge in [-0.1, -0.05) is 11.6 Å². The maximum absolute atomic E-state index is 11.7. The Morgan fingerprint density at radius 3 is 2.47 bits per heavy atom. The molecule has 1 aromatic carbocycles. The minimum Gasteiger partial charge on any atom is -0.463 e. The van der Waals surface area contributed by atoms with Crippen molar-refractivity contribution >= 4 is 27.4 Å². The lowest BCUT2D eigenvalue weighted by atomic mass is 10.4. The average Bonchev–Trinajstić information content (AvgIpc) is 2.28. The zero-order valence-corrected chi connectivity index (χ0v) is 10.7. The van der Waals surface area contributed by atoms with Crippen LogP contribution in [-0.4, -0.2) is 21.0 Å². The second kappa shape index (κ2) is 5.84. The summed E-state index contributed by atoms with van der Waals surface area (Å²) < 4.78 is 28.0. The Morgan fingerprint density at radius 1 is 1.35 bits per heavy atom. The van der Waals surface area contributed by atoms with Crippen molar-refractivity contribution in [2.24, 2.45) is 0 Å². The van der Waals surface area contributed by atoms with E-state index in [1.165, 1.54) is 24.3 Å². The van der Waals surface area contributed by atoms with Crippen molar-refractivity contribution in [2.45, 2.75) is 11.8 Å². The molecule has 0 fully saturated rings. The number of carbonyl (C=O) groups excluding carboxylic acids is 1. The number of carbonyl (C=O) groups is 1. The number of benzene rings is 1. The molecule has 6 heteroatoms. The van der Waals surface area contributed by atoms with Crippen LogP contribution >= 0.6 is 11.6 Å². The molecule has 0 saturated heterocycles. The molecule has 0 radical (unpaired) electrons. The van der Waals surface area contributed by atoms with Gasteiger partial charge in [-0.2, -0.15) is 0 Å². The van der Waals surface area contributed by atoms with Gasteiger partial charge in [-0.3, -0.25) is 0 Å². The van der Waals surface area contributed by atoms with Crippen molar-refractivity contribution in [3.63, 3.8) is 0 Å². The van der Waals surface area contributed by atoms with Crippen LogP contribution in [0.4, 0.5) is 0 Å². The molecule has 0 aliphatic carbocycles. The number of hydrogen-bond donors (Lipinski definition) is 0. The first kappa shape index (κ1) is 13.7. The molecule has 1 aromatic rings. The molecule has 0 saturated carbocycles. The highest BCUT2D eigenvalue weighted by Crippen LogP contribution is 2.16. The molecule has 4 nitrogen and oxygen atoms in total. The highest BCUT2D eigenvalue weighted by molar-refractivity contribution is 7.94. The van der Waals surface area contributed by atoms with E-state index in [-0.39, 0.29) is 11.5 Å². The van der Waals surface area contributed by atoms with Crippen molar-refractivity contribution in [2.75, 3.05) is 6.61 Å². The second-order valence-corrected chi connectivity index (χ2v) is 5.32. The first-order valence-corrected chi connectivity index (χ1v) is 6.73. The first-order valence-electron chi connectivity index (χ1n) is 4.81. The molecule has 0 atom stereocenters. The fourth-order valence-corrected chi connectivity index (χ4v) is 2.13. The number of sulfone groups is 1. The predicted octanol–water partition coefficient (Wildman–Crippen LogP) is 2.19. The topological polar surface area (TPSA) is 60.4 Å². The van der Waals surface area contributed by atoms with Crippen LogP contribution in [-0.2, 0) is 19.4 Å². The Labute approximate surface area is 105 Å². The quantitative estimate of drug-likeness (QED) is 0.624. The van der Waals surface area contributed by atoms with Gasteiger partial charge in [0.05, 0.1) is 11.5 Å². The maximum Gasteiger partial charge on any atom is 0.331 e. The molecular weight excluding hydrogens is 264 g/mol. The van der Waals surface area contributed by atoms with Gasteiger partial charge in [-0.25, -0.2) is 13.2 Å². The van der Waals surface area contributed by atoms with Crippen molar-refractivity contribution < 1.29 is 17.9 Å². The van der Waals surface area contributed by atoms with Crippen LogP contribution in [0.2, 0.25) is 5.02 Å². The van der Waals surface area contributed by atoms with Crippen molar-refractivity contribution in [3.05, 3.63) is 40.8 Å². The maximum atomic E-state index is 11.7. The Bertz CT molecular complexity index is 517. The van der Waals surface area contributed by atoms with E-state index in [1.54, 1.807) is 6.92 Å². The molecule has 0 spiro atoms. The van der Waals surface area contributed by atoms with Crippen molar-refractivity contribution in [1.29, 1.82) is 0 Å². The standard InChI is InChI=1S/C11H11ClO4S/c1-2-16-11(13)7-8-17(14,15)10-5-3-9(12)4-6-10/h3-8H,2H2,1H3. The van der Waals surface area contributed by atoms with Crippen LogP contribution in [0.3, 0.4) is 0 Å². The summed E-state index contributed by atoms with van der Waals surface area (Å²) >= 11 is 5.64. The van der Waals surface area contributed by atoms with Gasteiger partial charge in [0.25, 0.3) is 0 Å². The fourth-order valence-electron chi connectivity index (χ4n) is 1.04. The fraction of sp³-hybridized carbons (Fsp3) is 0.182. The Hall–Kier alpha value is -1.33. The average molecular weight is 275 g/mol. The highest BCUT2D eigenvalue weighted by Gasteiger charge is 2.10. The molecule has 0 unspecified atom stereocenters. The molecule has 17 heavy (non-hydrogen) atoms. The third-order valence-corrected chi connectivity index (χ3v) is 3.49. The molecule has 0 N–H and O–H groups in total.